The molecule has 1 N–H and O–H groups in total. The number of nitrogens with one attached hydrogen (secondary N) is 1. The van der Waals surface area contributed by atoms with Gasteiger partial charge in [-0.3, -0.25) is 9.59 Å². The van der Waals surface area contributed by atoms with Gasteiger partial charge >= 0.3 is 0 Å². The van der Waals surface area contributed by atoms with E-state index in [0.717, 1.165) is 16.7 Å². The average molecular weight is 203 g/mol. The first-order chi connectivity index (χ1) is 7.09. The van der Waals surface area contributed by atoms with E-state index in [-0.39, 0.29) is 17.7 Å². The summed E-state index contributed by atoms with van der Waals surface area (Å²) in [5.74, 6) is -0.114. The van der Waals surface area contributed by atoms with Gasteiger partial charge in [-0.1, -0.05) is 18.2 Å². The van der Waals surface area contributed by atoms with E-state index >= 15 is 0 Å². The Kier molecular flexibility index (Phi) is 2.31. The van der Waals surface area contributed by atoms with Crippen LogP contribution in [0.1, 0.15) is 28.4 Å². The van der Waals surface area contributed by atoms with Crippen molar-refractivity contribution >= 4 is 11.7 Å². The van der Waals surface area contributed by atoms with Crippen molar-refractivity contribution in [1.82, 2.24) is 5.32 Å². The molecule has 0 bridgehead atoms. The fraction of sp³-hybridized carbons (Fsp3) is 0.333. The summed E-state index contributed by atoms with van der Waals surface area (Å²) in [5.41, 5.74) is 2.82. The van der Waals surface area contributed by atoms with Crippen molar-refractivity contribution in [3.05, 3.63) is 34.9 Å². The monoisotopic (exact) mass is 203 g/mol. The number of hydrogen-bond donors (Lipinski definition) is 1. The van der Waals surface area contributed by atoms with E-state index in [0.29, 0.717) is 6.42 Å². The largest absolute Gasteiger partial charge is 0.346 e. The quantitative estimate of drug-likeness (QED) is 0.746. The number of carbonyl (C=O) groups excluding carboxylic acids is 2. The Morgan fingerprint density at radius 2 is 2.20 bits per heavy atom. The second-order valence-corrected chi connectivity index (χ2v) is 3.93. The number of benzene rings is 1. The highest BCUT2D eigenvalue weighted by atomic mass is 16.2. The highest BCUT2D eigenvalue weighted by molar-refractivity contribution is 6.07. The Hall–Kier alpha value is -1.64. The molecule has 3 heteroatoms. The van der Waals surface area contributed by atoms with Gasteiger partial charge in [-0.05, 0) is 18.1 Å². The Morgan fingerprint density at radius 1 is 1.47 bits per heavy atom. The third-order valence-electron chi connectivity index (χ3n) is 2.72. The number of carbonyl (C=O) groups is 2. The van der Waals surface area contributed by atoms with E-state index in [4.69, 9.17) is 0 Å². The number of aryl methyl sites for hydroxylation is 1. The van der Waals surface area contributed by atoms with E-state index in [2.05, 4.69) is 5.32 Å². The molecule has 1 atom stereocenters. The molecular formula is C12H13NO2. The number of fused-ring (bicyclic) bond motifs is 1. The molecule has 0 heterocycles. The van der Waals surface area contributed by atoms with E-state index < -0.39 is 0 Å². The van der Waals surface area contributed by atoms with Crippen molar-refractivity contribution in [2.24, 2.45) is 0 Å². The van der Waals surface area contributed by atoms with Crippen molar-refractivity contribution in [1.29, 1.82) is 0 Å². The summed E-state index contributed by atoms with van der Waals surface area (Å²) < 4.78 is 0. The van der Waals surface area contributed by atoms with Crippen LogP contribution >= 0.6 is 0 Å². The standard InChI is InChI=1S/C12H13NO2/c1-7-4-3-5-9-6-10(13-8(2)14)12(15)11(7)9/h3-5,10H,6H2,1-2H3,(H,13,14)/t10-/m0/s1. The van der Waals surface area contributed by atoms with Gasteiger partial charge < -0.3 is 5.32 Å². The van der Waals surface area contributed by atoms with Gasteiger partial charge in [0.1, 0.15) is 0 Å². The maximum atomic E-state index is 11.9. The van der Waals surface area contributed by atoms with Gasteiger partial charge in [0.2, 0.25) is 5.91 Å². The molecule has 0 aliphatic heterocycles. The van der Waals surface area contributed by atoms with E-state index in [1.807, 2.05) is 25.1 Å². The Morgan fingerprint density at radius 3 is 2.80 bits per heavy atom. The van der Waals surface area contributed by atoms with Crippen LogP contribution in [-0.2, 0) is 11.2 Å². The average Bonchev–Trinajstić information content (AvgIpc) is 2.44. The SMILES string of the molecule is CC(=O)N[C@H]1Cc2cccc(C)c2C1=O. The molecule has 2 rings (SSSR count). The van der Waals surface area contributed by atoms with Crippen molar-refractivity contribution in [3.8, 4) is 0 Å². The first kappa shape index (κ1) is 9.90. The highest BCUT2D eigenvalue weighted by Gasteiger charge is 2.31. The van der Waals surface area contributed by atoms with Gasteiger partial charge in [0.15, 0.2) is 5.78 Å². The molecule has 1 aromatic rings. The summed E-state index contributed by atoms with van der Waals surface area (Å²) in [7, 11) is 0. The minimum atomic E-state index is -0.362. The summed E-state index contributed by atoms with van der Waals surface area (Å²) in [4.78, 5) is 22.9. The van der Waals surface area contributed by atoms with Gasteiger partial charge in [0, 0.05) is 18.9 Å². The van der Waals surface area contributed by atoms with Crippen LogP contribution in [-0.4, -0.2) is 17.7 Å². The Bertz CT molecular complexity index is 437. The lowest BCUT2D eigenvalue weighted by Gasteiger charge is -2.07. The Labute approximate surface area is 88.5 Å². The van der Waals surface area contributed by atoms with Crippen LogP contribution in [0.25, 0.3) is 0 Å². The van der Waals surface area contributed by atoms with Gasteiger partial charge in [-0.2, -0.15) is 0 Å². The van der Waals surface area contributed by atoms with Gasteiger partial charge in [0.05, 0.1) is 6.04 Å². The first-order valence-electron chi connectivity index (χ1n) is 4.99. The maximum Gasteiger partial charge on any atom is 0.217 e. The highest BCUT2D eigenvalue weighted by Crippen LogP contribution is 2.25. The fourth-order valence-electron chi connectivity index (χ4n) is 2.10. The molecule has 3 nitrogen and oxygen atoms in total. The number of Topliss-reactive ketones (excluding diaryl/α,β-unsaturated/α-hetero) is 1. The maximum absolute atomic E-state index is 11.9. The third-order valence-corrected chi connectivity index (χ3v) is 2.72. The zero-order valence-electron chi connectivity index (χ0n) is 8.83. The lowest BCUT2D eigenvalue weighted by molar-refractivity contribution is -0.119. The summed E-state index contributed by atoms with van der Waals surface area (Å²) >= 11 is 0. The van der Waals surface area contributed by atoms with Crippen molar-refractivity contribution in [2.75, 3.05) is 0 Å². The van der Waals surface area contributed by atoms with E-state index in [9.17, 15) is 9.59 Å². The number of ketones is 1. The summed E-state index contributed by atoms with van der Waals surface area (Å²) in [6.07, 6.45) is 0.620. The topological polar surface area (TPSA) is 46.2 Å². The van der Waals surface area contributed by atoms with E-state index in [1.165, 1.54) is 6.92 Å². The second-order valence-electron chi connectivity index (χ2n) is 3.93. The number of amides is 1. The normalized spacial score (nSPS) is 18.8. The molecule has 0 spiro atoms. The lowest BCUT2D eigenvalue weighted by atomic mass is 10.0. The predicted molar refractivity (Wildman–Crippen MR) is 56.8 cm³/mol. The summed E-state index contributed by atoms with van der Waals surface area (Å²) in [6.45, 7) is 3.36. The van der Waals surface area contributed by atoms with Crippen molar-refractivity contribution in [2.45, 2.75) is 26.3 Å². The molecule has 15 heavy (non-hydrogen) atoms. The van der Waals surface area contributed by atoms with Crippen molar-refractivity contribution in [3.63, 3.8) is 0 Å². The zero-order valence-corrected chi connectivity index (χ0v) is 8.83. The van der Waals surface area contributed by atoms with Crippen LogP contribution in [0.4, 0.5) is 0 Å². The fourth-order valence-corrected chi connectivity index (χ4v) is 2.10. The molecule has 0 fully saturated rings. The zero-order chi connectivity index (χ0) is 11.0. The van der Waals surface area contributed by atoms with Gasteiger partial charge in [-0.25, -0.2) is 0 Å². The molecule has 78 valence electrons. The number of rotatable bonds is 1. The molecule has 1 aromatic carbocycles. The lowest BCUT2D eigenvalue weighted by Crippen LogP contribution is -2.37. The molecule has 0 radical (unpaired) electrons. The summed E-state index contributed by atoms with van der Waals surface area (Å²) in [6, 6.07) is 5.45. The minimum Gasteiger partial charge on any atom is -0.346 e. The third kappa shape index (κ3) is 1.65. The van der Waals surface area contributed by atoms with Crippen LogP contribution in [0.3, 0.4) is 0 Å². The molecule has 0 aromatic heterocycles. The van der Waals surface area contributed by atoms with Crippen LogP contribution in [0.15, 0.2) is 18.2 Å². The molecule has 1 aliphatic rings. The summed E-state index contributed by atoms with van der Waals surface area (Å²) in [5, 5.41) is 2.68. The minimum absolute atomic E-state index is 0.0401. The predicted octanol–water partition coefficient (Wildman–Crippen LogP) is 1.24. The molecular weight excluding hydrogens is 190 g/mol. The smallest absolute Gasteiger partial charge is 0.217 e. The van der Waals surface area contributed by atoms with Crippen LogP contribution < -0.4 is 5.32 Å². The molecule has 0 saturated carbocycles. The van der Waals surface area contributed by atoms with Gasteiger partial charge in [-0.15, -0.1) is 0 Å². The number of hydrogen-bond acceptors (Lipinski definition) is 2. The molecule has 1 aliphatic carbocycles. The second kappa shape index (κ2) is 3.50. The van der Waals surface area contributed by atoms with Crippen LogP contribution in [0.5, 0.6) is 0 Å². The van der Waals surface area contributed by atoms with Crippen LogP contribution in [0, 0.1) is 6.92 Å². The van der Waals surface area contributed by atoms with Crippen LogP contribution in [0.2, 0.25) is 0 Å². The Balaban J connectivity index is 2.34. The van der Waals surface area contributed by atoms with Crippen molar-refractivity contribution < 1.29 is 9.59 Å². The van der Waals surface area contributed by atoms with E-state index in [1.54, 1.807) is 0 Å². The molecule has 1 amide bonds. The van der Waals surface area contributed by atoms with Gasteiger partial charge in [0.25, 0.3) is 0 Å². The molecule has 0 saturated heterocycles. The first-order valence-corrected chi connectivity index (χ1v) is 4.99. The molecule has 0 unspecified atom stereocenters.